The van der Waals surface area contributed by atoms with Crippen molar-refractivity contribution >= 4 is 0 Å². The summed E-state index contributed by atoms with van der Waals surface area (Å²) in [7, 11) is 0. The molecule has 0 aromatic heterocycles. The Morgan fingerprint density at radius 3 is 2.25 bits per heavy atom. The fourth-order valence-electron chi connectivity index (χ4n) is 2.40. The molecule has 0 radical (unpaired) electrons. The molecule has 0 aliphatic carbocycles. The van der Waals surface area contributed by atoms with Crippen LogP contribution in [0.1, 0.15) is 33.6 Å². The summed E-state index contributed by atoms with van der Waals surface area (Å²) in [6.07, 6.45) is 2.91. The van der Waals surface area contributed by atoms with Crippen LogP contribution in [0.2, 0.25) is 0 Å². The molecule has 0 amide bonds. The van der Waals surface area contributed by atoms with Gasteiger partial charge in [-0.1, -0.05) is 20.8 Å². The van der Waals surface area contributed by atoms with E-state index in [4.69, 9.17) is 4.74 Å². The van der Waals surface area contributed by atoms with Crippen molar-refractivity contribution in [2.75, 3.05) is 13.1 Å². The molecule has 1 unspecified atom stereocenters. The summed E-state index contributed by atoms with van der Waals surface area (Å²) in [5.74, 6) is 0. The molecule has 1 N–H and O–H groups in total. The lowest BCUT2D eigenvalue weighted by Crippen LogP contribution is -2.37. The van der Waals surface area contributed by atoms with Crippen molar-refractivity contribution in [3.63, 3.8) is 0 Å². The standard InChI is InChI=1S/C10H19NO/c1-9(2,3)8-10(12-8)4-6-11-7-5-10/h8,11H,4-7H2,1-3H3. The number of rotatable bonds is 0. The van der Waals surface area contributed by atoms with E-state index in [1.165, 1.54) is 12.8 Å². The van der Waals surface area contributed by atoms with Gasteiger partial charge in [-0.15, -0.1) is 0 Å². The van der Waals surface area contributed by atoms with Crippen LogP contribution in [0.5, 0.6) is 0 Å². The third-order valence-corrected chi connectivity index (χ3v) is 3.01. The molecule has 1 atom stereocenters. The summed E-state index contributed by atoms with van der Waals surface area (Å²) in [5, 5.41) is 3.37. The molecule has 2 rings (SSSR count). The summed E-state index contributed by atoms with van der Waals surface area (Å²) in [6.45, 7) is 9.08. The normalized spacial score (nSPS) is 33.8. The van der Waals surface area contributed by atoms with E-state index in [2.05, 4.69) is 26.1 Å². The van der Waals surface area contributed by atoms with Gasteiger partial charge in [-0.3, -0.25) is 0 Å². The highest BCUT2D eigenvalue weighted by Gasteiger charge is 2.60. The fraction of sp³-hybridized carbons (Fsp3) is 1.00. The monoisotopic (exact) mass is 169 g/mol. The molecule has 2 aliphatic heterocycles. The SMILES string of the molecule is CC(C)(C)C1OC12CCNCC2. The Hall–Kier alpha value is -0.0800. The number of hydrogen-bond acceptors (Lipinski definition) is 2. The maximum atomic E-state index is 5.87. The zero-order valence-electron chi connectivity index (χ0n) is 8.31. The van der Waals surface area contributed by atoms with E-state index < -0.39 is 0 Å². The van der Waals surface area contributed by atoms with Crippen molar-refractivity contribution in [1.29, 1.82) is 0 Å². The summed E-state index contributed by atoms with van der Waals surface area (Å²) >= 11 is 0. The van der Waals surface area contributed by atoms with Crippen LogP contribution >= 0.6 is 0 Å². The first-order chi connectivity index (χ1) is 5.55. The predicted octanol–water partition coefficient (Wildman–Crippen LogP) is 1.55. The molecule has 2 saturated heterocycles. The van der Waals surface area contributed by atoms with E-state index in [1.807, 2.05) is 0 Å². The number of epoxide rings is 1. The van der Waals surface area contributed by atoms with Crippen LogP contribution in [0.15, 0.2) is 0 Å². The average molecular weight is 169 g/mol. The van der Waals surface area contributed by atoms with Gasteiger partial charge in [-0.25, -0.2) is 0 Å². The Kier molecular flexibility index (Phi) is 1.74. The molecule has 12 heavy (non-hydrogen) atoms. The summed E-state index contributed by atoms with van der Waals surface area (Å²) in [6, 6.07) is 0. The Balaban J connectivity index is 1.99. The lowest BCUT2D eigenvalue weighted by Gasteiger charge is -2.23. The minimum atomic E-state index is 0.267. The maximum Gasteiger partial charge on any atom is 0.0978 e. The van der Waals surface area contributed by atoms with Crippen LogP contribution in [0.25, 0.3) is 0 Å². The number of hydrogen-bond donors (Lipinski definition) is 1. The second-order valence-corrected chi connectivity index (χ2v) is 5.18. The minimum absolute atomic E-state index is 0.267. The fourth-order valence-corrected chi connectivity index (χ4v) is 2.40. The summed E-state index contributed by atoms with van der Waals surface area (Å²) in [4.78, 5) is 0. The maximum absolute atomic E-state index is 5.87. The molecule has 2 fully saturated rings. The highest BCUT2D eigenvalue weighted by molar-refractivity contribution is 5.09. The second kappa shape index (κ2) is 2.46. The first-order valence-corrected chi connectivity index (χ1v) is 4.93. The third kappa shape index (κ3) is 1.27. The molecule has 1 spiro atoms. The van der Waals surface area contributed by atoms with Crippen molar-refractivity contribution < 1.29 is 4.74 Å². The molecular weight excluding hydrogens is 150 g/mol. The topological polar surface area (TPSA) is 24.6 Å². The Bertz CT molecular complexity index is 177. The van der Waals surface area contributed by atoms with E-state index in [0.29, 0.717) is 11.5 Å². The van der Waals surface area contributed by atoms with E-state index in [0.717, 1.165) is 13.1 Å². The van der Waals surface area contributed by atoms with E-state index in [1.54, 1.807) is 0 Å². The van der Waals surface area contributed by atoms with Gasteiger partial charge < -0.3 is 10.1 Å². The van der Waals surface area contributed by atoms with Crippen LogP contribution in [-0.4, -0.2) is 24.8 Å². The molecule has 2 nitrogen and oxygen atoms in total. The first-order valence-electron chi connectivity index (χ1n) is 4.93. The van der Waals surface area contributed by atoms with Gasteiger partial charge in [-0.2, -0.15) is 0 Å². The predicted molar refractivity (Wildman–Crippen MR) is 49.2 cm³/mol. The van der Waals surface area contributed by atoms with E-state index in [-0.39, 0.29) is 5.60 Å². The van der Waals surface area contributed by atoms with Gasteiger partial charge in [0.15, 0.2) is 0 Å². The number of nitrogens with one attached hydrogen (secondary N) is 1. The molecule has 0 aromatic carbocycles. The van der Waals surface area contributed by atoms with Gasteiger partial charge in [0.2, 0.25) is 0 Å². The smallest absolute Gasteiger partial charge is 0.0978 e. The van der Waals surface area contributed by atoms with E-state index >= 15 is 0 Å². The summed E-state index contributed by atoms with van der Waals surface area (Å²) < 4.78 is 5.87. The molecular formula is C10H19NO. The molecule has 2 aliphatic rings. The molecule has 0 aromatic rings. The van der Waals surface area contributed by atoms with Gasteiger partial charge in [0.25, 0.3) is 0 Å². The van der Waals surface area contributed by atoms with Crippen LogP contribution in [0, 0.1) is 5.41 Å². The number of piperidine rings is 1. The van der Waals surface area contributed by atoms with Gasteiger partial charge in [0.1, 0.15) is 0 Å². The third-order valence-electron chi connectivity index (χ3n) is 3.01. The van der Waals surface area contributed by atoms with Gasteiger partial charge in [0, 0.05) is 0 Å². The van der Waals surface area contributed by atoms with Crippen molar-refractivity contribution in [3.8, 4) is 0 Å². The quantitative estimate of drug-likeness (QED) is 0.556. The molecule has 2 heterocycles. The lowest BCUT2D eigenvalue weighted by molar-refractivity contribution is 0.223. The Labute approximate surface area is 74.7 Å². The van der Waals surface area contributed by atoms with Crippen molar-refractivity contribution in [2.24, 2.45) is 5.41 Å². The van der Waals surface area contributed by atoms with Crippen LogP contribution in [0.4, 0.5) is 0 Å². The largest absolute Gasteiger partial charge is 0.365 e. The molecule has 0 bridgehead atoms. The average Bonchev–Trinajstić information content (AvgIpc) is 2.65. The highest BCUT2D eigenvalue weighted by Crippen LogP contribution is 2.52. The van der Waals surface area contributed by atoms with Gasteiger partial charge >= 0.3 is 0 Å². The number of ether oxygens (including phenoxy) is 1. The van der Waals surface area contributed by atoms with Crippen molar-refractivity contribution in [2.45, 2.75) is 45.3 Å². The summed E-state index contributed by atoms with van der Waals surface area (Å²) in [5.41, 5.74) is 0.598. The zero-order chi connectivity index (χ0) is 8.82. The Morgan fingerprint density at radius 2 is 1.83 bits per heavy atom. The second-order valence-electron chi connectivity index (χ2n) is 5.18. The first kappa shape index (κ1) is 8.52. The van der Waals surface area contributed by atoms with Crippen LogP contribution in [0.3, 0.4) is 0 Å². The van der Waals surface area contributed by atoms with E-state index in [9.17, 15) is 0 Å². The zero-order valence-corrected chi connectivity index (χ0v) is 8.31. The van der Waals surface area contributed by atoms with Crippen LogP contribution < -0.4 is 5.32 Å². The van der Waals surface area contributed by atoms with Gasteiger partial charge in [0.05, 0.1) is 11.7 Å². The van der Waals surface area contributed by atoms with Gasteiger partial charge in [-0.05, 0) is 31.3 Å². The lowest BCUT2D eigenvalue weighted by atomic mass is 9.81. The minimum Gasteiger partial charge on any atom is -0.365 e. The van der Waals surface area contributed by atoms with Crippen molar-refractivity contribution in [3.05, 3.63) is 0 Å². The molecule has 0 saturated carbocycles. The van der Waals surface area contributed by atoms with Crippen molar-refractivity contribution in [1.82, 2.24) is 5.32 Å². The highest BCUT2D eigenvalue weighted by atomic mass is 16.6. The molecule has 70 valence electrons. The molecule has 2 heteroatoms. The Morgan fingerprint density at radius 1 is 1.25 bits per heavy atom. The van der Waals surface area contributed by atoms with Crippen LogP contribution in [-0.2, 0) is 4.74 Å².